The minimum absolute atomic E-state index is 0.154. The van der Waals surface area contributed by atoms with Crippen molar-refractivity contribution in [2.24, 2.45) is 0 Å². The molecule has 0 aliphatic rings. The van der Waals surface area contributed by atoms with Crippen molar-refractivity contribution in [3.05, 3.63) is 28.2 Å². The molecule has 19 heavy (non-hydrogen) atoms. The van der Waals surface area contributed by atoms with Gasteiger partial charge in [-0.15, -0.1) is 0 Å². The summed E-state index contributed by atoms with van der Waals surface area (Å²) in [5.41, 5.74) is 0.725. The van der Waals surface area contributed by atoms with Gasteiger partial charge in [-0.2, -0.15) is 0 Å². The van der Waals surface area contributed by atoms with E-state index in [1.165, 1.54) is 0 Å². The molecule has 1 aromatic carbocycles. The van der Waals surface area contributed by atoms with Crippen LogP contribution in [0.25, 0.3) is 0 Å². The van der Waals surface area contributed by atoms with Crippen LogP contribution in [0.5, 0.6) is 5.75 Å². The molecule has 0 aliphatic carbocycles. The van der Waals surface area contributed by atoms with Crippen molar-refractivity contribution in [3.8, 4) is 5.75 Å². The molecule has 0 heterocycles. The Hall–Kier alpha value is -0.870. The van der Waals surface area contributed by atoms with E-state index in [-0.39, 0.29) is 5.78 Å². The van der Waals surface area contributed by atoms with Gasteiger partial charge in [-0.1, -0.05) is 20.3 Å². The van der Waals surface area contributed by atoms with E-state index < -0.39 is 0 Å². The molecular formula is C15H22BrNO2. The monoisotopic (exact) mass is 327 g/mol. The summed E-state index contributed by atoms with van der Waals surface area (Å²) in [5, 5.41) is 0. The normalized spacial score (nSPS) is 10.8. The van der Waals surface area contributed by atoms with Crippen molar-refractivity contribution in [2.75, 3.05) is 26.7 Å². The van der Waals surface area contributed by atoms with Crippen molar-refractivity contribution in [2.45, 2.75) is 26.7 Å². The maximum atomic E-state index is 12.2. The molecule has 0 bridgehead atoms. The Morgan fingerprint density at radius 3 is 2.63 bits per heavy atom. The number of methoxy groups -OCH3 is 1. The van der Waals surface area contributed by atoms with Crippen LogP contribution in [-0.2, 0) is 0 Å². The van der Waals surface area contributed by atoms with E-state index in [4.69, 9.17) is 4.74 Å². The van der Waals surface area contributed by atoms with E-state index in [1.807, 2.05) is 18.2 Å². The van der Waals surface area contributed by atoms with Crippen molar-refractivity contribution in [3.63, 3.8) is 0 Å². The predicted octanol–water partition coefficient (Wildman–Crippen LogP) is 3.76. The molecule has 0 spiro atoms. The lowest BCUT2D eigenvalue weighted by molar-refractivity contribution is 0.0933. The van der Waals surface area contributed by atoms with E-state index in [2.05, 4.69) is 34.7 Å². The third kappa shape index (κ3) is 4.96. The highest BCUT2D eigenvalue weighted by atomic mass is 79.9. The molecule has 1 rings (SSSR count). The molecule has 4 heteroatoms. The van der Waals surface area contributed by atoms with Gasteiger partial charge in [0.05, 0.1) is 18.1 Å². The highest BCUT2D eigenvalue weighted by Crippen LogP contribution is 2.25. The molecule has 106 valence electrons. The lowest BCUT2D eigenvalue weighted by Crippen LogP contribution is -2.30. The third-order valence-electron chi connectivity index (χ3n) is 3.12. The number of ether oxygens (including phenoxy) is 1. The molecule has 0 aromatic heterocycles. The van der Waals surface area contributed by atoms with Crippen LogP contribution in [-0.4, -0.2) is 37.4 Å². The zero-order valence-electron chi connectivity index (χ0n) is 11.9. The van der Waals surface area contributed by atoms with Crippen molar-refractivity contribution >= 4 is 21.7 Å². The molecule has 0 saturated carbocycles. The maximum Gasteiger partial charge on any atom is 0.176 e. The zero-order chi connectivity index (χ0) is 14.3. The van der Waals surface area contributed by atoms with Crippen LogP contribution in [0.1, 0.15) is 37.0 Å². The Labute approximate surface area is 124 Å². The lowest BCUT2D eigenvalue weighted by Gasteiger charge is -2.19. The number of likely N-dealkylation sites (N-methyl/N-ethyl adjacent to an activating group) is 1. The molecule has 0 aliphatic heterocycles. The number of hydrogen-bond acceptors (Lipinski definition) is 3. The second-order valence-electron chi connectivity index (χ2n) is 4.49. The SMILES string of the molecule is CCCCN(CC)CC(=O)c1ccc(OC)c(Br)c1. The first-order chi connectivity index (χ1) is 9.12. The van der Waals surface area contributed by atoms with E-state index in [9.17, 15) is 4.79 Å². The summed E-state index contributed by atoms with van der Waals surface area (Å²) in [6.07, 6.45) is 2.28. The Morgan fingerprint density at radius 2 is 2.11 bits per heavy atom. The van der Waals surface area contributed by atoms with Gasteiger partial charge in [-0.25, -0.2) is 0 Å². The summed E-state index contributed by atoms with van der Waals surface area (Å²) in [6, 6.07) is 5.47. The minimum Gasteiger partial charge on any atom is -0.496 e. The number of ketones is 1. The molecule has 0 unspecified atom stereocenters. The van der Waals surface area contributed by atoms with E-state index in [0.717, 1.165) is 41.7 Å². The van der Waals surface area contributed by atoms with Gasteiger partial charge in [0, 0.05) is 5.56 Å². The van der Waals surface area contributed by atoms with Crippen LogP contribution in [0.3, 0.4) is 0 Å². The molecule has 0 atom stereocenters. The van der Waals surface area contributed by atoms with Crippen LogP contribution < -0.4 is 4.74 Å². The summed E-state index contributed by atoms with van der Waals surface area (Å²) < 4.78 is 5.98. The van der Waals surface area contributed by atoms with E-state index in [0.29, 0.717) is 6.54 Å². The number of carbonyl (C=O) groups excluding carboxylic acids is 1. The van der Waals surface area contributed by atoms with Gasteiger partial charge in [0.15, 0.2) is 5.78 Å². The fraction of sp³-hybridized carbons (Fsp3) is 0.533. The topological polar surface area (TPSA) is 29.5 Å². The summed E-state index contributed by atoms with van der Waals surface area (Å²) in [6.45, 7) is 6.62. The van der Waals surface area contributed by atoms with Gasteiger partial charge in [-0.05, 0) is 53.6 Å². The summed E-state index contributed by atoms with van der Waals surface area (Å²) in [7, 11) is 1.62. The van der Waals surface area contributed by atoms with E-state index >= 15 is 0 Å². The molecular weight excluding hydrogens is 306 g/mol. The third-order valence-corrected chi connectivity index (χ3v) is 3.74. The first-order valence-electron chi connectivity index (χ1n) is 6.71. The molecule has 1 aromatic rings. The van der Waals surface area contributed by atoms with Crippen LogP contribution in [0.4, 0.5) is 0 Å². The number of rotatable bonds is 8. The average molecular weight is 328 g/mol. The Morgan fingerprint density at radius 1 is 1.37 bits per heavy atom. The molecule has 0 fully saturated rings. The number of Topliss-reactive ketones (excluding diaryl/α,β-unsaturated/α-hetero) is 1. The largest absolute Gasteiger partial charge is 0.496 e. The molecule has 3 nitrogen and oxygen atoms in total. The standard InChI is InChI=1S/C15H22BrNO2/c1-4-6-9-17(5-2)11-14(18)12-7-8-15(19-3)13(16)10-12/h7-8,10H,4-6,9,11H2,1-3H3. The highest BCUT2D eigenvalue weighted by Gasteiger charge is 2.12. The zero-order valence-corrected chi connectivity index (χ0v) is 13.5. The quantitative estimate of drug-likeness (QED) is 0.681. The lowest BCUT2D eigenvalue weighted by atomic mass is 10.1. The summed E-state index contributed by atoms with van der Waals surface area (Å²) >= 11 is 3.41. The second kappa shape index (κ2) is 8.33. The Bertz CT molecular complexity index is 421. The van der Waals surface area contributed by atoms with Gasteiger partial charge in [-0.3, -0.25) is 9.69 Å². The van der Waals surface area contributed by atoms with E-state index in [1.54, 1.807) is 7.11 Å². The Kier molecular flexibility index (Phi) is 7.10. The van der Waals surface area contributed by atoms with Crippen molar-refractivity contribution in [1.82, 2.24) is 4.90 Å². The number of benzene rings is 1. The van der Waals surface area contributed by atoms with Crippen molar-refractivity contribution < 1.29 is 9.53 Å². The maximum absolute atomic E-state index is 12.2. The van der Waals surface area contributed by atoms with Crippen molar-refractivity contribution in [1.29, 1.82) is 0 Å². The van der Waals surface area contributed by atoms with Gasteiger partial charge < -0.3 is 4.74 Å². The van der Waals surface area contributed by atoms with Crippen LogP contribution >= 0.6 is 15.9 Å². The number of halogens is 1. The Balaban J connectivity index is 2.69. The molecule has 0 saturated heterocycles. The fourth-order valence-electron chi connectivity index (χ4n) is 1.86. The van der Waals surface area contributed by atoms with Gasteiger partial charge in [0.2, 0.25) is 0 Å². The average Bonchev–Trinajstić information content (AvgIpc) is 2.43. The van der Waals surface area contributed by atoms with Gasteiger partial charge >= 0.3 is 0 Å². The smallest absolute Gasteiger partial charge is 0.176 e. The second-order valence-corrected chi connectivity index (χ2v) is 5.35. The minimum atomic E-state index is 0.154. The number of carbonyl (C=O) groups is 1. The highest BCUT2D eigenvalue weighted by molar-refractivity contribution is 9.10. The van der Waals surface area contributed by atoms with Crippen LogP contribution in [0.15, 0.2) is 22.7 Å². The molecule has 0 N–H and O–H groups in total. The predicted molar refractivity (Wildman–Crippen MR) is 82.0 cm³/mol. The molecule has 0 amide bonds. The number of hydrogen-bond donors (Lipinski definition) is 0. The fourth-order valence-corrected chi connectivity index (χ4v) is 2.41. The summed E-state index contributed by atoms with van der Waals surface area (Å²) in [4.78, 5) is 14.4. The molecule has 0 radical (unpaired) electrons. The number of unbranched alkanes of at least 4 members (excludes halogenated alkanes) is 1. The first kappa shape index (κ1) is 16.2. The first-order valence-corrected chi connectivity index (χ1v) is 7.50. The van der Waals surface area contributed by atoms with Crippen LogP contribution in [0.2, 0.25) is 0 Å². The van der Waals surface area contributed by atoms with Crippen LogP contribution in [0, 0.1) is 0 Å². The van der Waals surface area contributed by atoms with Gasteiger partial charge in [0.25, 0.3) is 0 Å². The number of nitrogens with zero attached hydrogens (tertiary/aromatic N) is 1. The van der Waals surface area contributed by atoms with Gasteiger partial charge in [0.1, 0.15) is 5.75 Å². The summed E-state index contributed by atoms with van der Waals surface area (Å²) in [5.74, 6) is 0.899.